The lowest BCUT2D eigenvalue weighted by atomic mass is 9.99. The highest BCUT2D eigenvalue weighted by atomic mass is 32.2. The molecule has 0 bridgehead atoms. The fraction of sp³-hybridized carbons (Fsp3) is 0.290. The van der Waals surface area contributed by atoms with Crippen molar-refractivity contribution in [1.82, 2.24) is 20.1 Å². The first-order chi connectivity index (χ1) is 21.9. The molecule has 1 unspecified atom stereocenters. The van der Waals surface area contributed by atoms with Gasteiger partial charge in [-0.25, -0.2) is 18.9 Å². The third kappa shape index (κ3) is 9.12. The number of carbonyl (C=O) groups excluding carboxylic acids is 2. The largest absolute Gasteiger partial charge is 0.573 e. The predicted molar refractivity (Wildman–Crippen MR) is 167 cm³/mol. The number of thioether (sulfide) groups is 1. The maximum absolute atomic E-state index is 14.9. The minimum absolute atomic E-state index is 0.110. The first-order valence-electron chi connectivity index (χ1n) is 14.1. The molecular weight excluding hydrogens is 628 g/mol. The Labute approximate surface area is 267 Å². The van der Waals surface area contributed by atoms with E-state index >= 15 is 0 Å². The molecule has 0 fully saturated rings. The highest BCUT2D eigenvalue weighted by molar-refractivity contribution is 7.99. The molecule has 244 valence electrons. The molecule has 10 nitrogen and oxygen atoms in total. The molecule has 1 atom stereocenters. The zero-order valence-electron chi connectivity index (χ0n) is 25.3. The van der Waals surface area contributed by atoms with Crippen molar-refractivity contribution in [3.05, 3.63) is 89.8 Å². The van der Waals surface area contributed by atoms with E-state index in [4.69, 9.17) is 4.74 Å². The number of ether oxygens (including phenoxy) is 2. The monoisotopic (exact) mass is 660 g/mol. The molecule has 2 N–H and O–H groups in total. The average molecular weight is 661 g/mol. The first-order valence-corrected chi connectivity index (χ1v) is 15.1. The standard InChI is InChI=1S/C31H32F4N6O4S/c1-5-46-30(40(18-42)27-14-20(4)6-12-24(27)19(2)3)38-29(43)37-26-13-11-23(15-25(26)32)44-16-28-36-17-41(39-28)21-7-9-22(10-8-21)45-31(33,34)35/h6-15,17-19,30H,5,16H2,1-4H3,(H2,37,38,43). The van der Waals surface area contributed by atoms with Crippen molar-refractivity contribution in [3.8, 4) is 17.2 Å². The van der Waals surface area contributed by atoms with Gasteiger partial charge < -0.3 is 20.1 Å². The molecule has 4 aromatic rings. The lowest BCUT2D eigenvalue weighted by molar-refractivity contribution is -0.274. The Balaban J connectivity index is 1.37. The van der Waals surface area contributed by atoms with Crippen LogP contribution >= 0.6 is 11.8 Å². The molecule has 1 aromatic heterocycles. The predicted octanol–water partition coefficient (Wildman–Crippen LogP) is 7.14. The van der Waals surface area contributed by atoms with E-state index in [9.17, 15) is 27.2 Å². The van der Waals surface area contributed by atoms with Gasteiger partial charge in [-0.3, -0.25) is 9.69 Å². The molecule has 0 aliphatic rings. The summed E-state index contributed by atoms with van der Waals surface area (Å²) in [4.78, 5) is 30.7. The van der Waals surface area contributed by atoms with Crippen LogP contribution in [-0.4, -0.2) is 44.8 Å². The SMILES string of the molecule is CCSC(NC(=O)Nc1ccc(OCc2ncn(-c3ccc(OC(F)(F)F)cc3)n2)cc1F)N(C=O)c1cc(C)ccc1C(C)C. The summed E-state index contributed by atoms with van der Waals surface area (Å²) in [5, 5.41) is 9.45. The number of rotatable bonds is 13. The molecule has 4 rings (SSSR count). The average Bonchev–Trinajstić information content (AvgIpc) is 3.46. The number of hydrogen-bond acceptors (Lipinski definition) is 7. The van der Waals surface area contributed by atoms with Crippen molar-refractivity contribution in [2.24, 2.45) is 0 Å². The van der Waals surface area contributed by atoms with Crippen LogP contribution in [0.4, 0.5) is 33.7 Å². The van der Waals surface area contributed by atoms with Gasteiger partial charge in [-0.2, -0.15) is 0 Å². The Morgan fingerprint density at radius 3 is 2.43 bits per heavy atom. The Bertz CT molecular complexity index is 1650. The summed E-state index contributed by atoms with van der Waals surface area (Å²) in [6, 6.07) is 14.0. The molecule has 0 radical (unpaired) electrons. The third-order valence-corrected chi connectivity index (χ3v) is 7.46. The van der Waals surface area contributed by atoms with Crippen LogP contribution in [0.2, 0.25) is 0 Å². The molecule has 0 saturated heterocycles. The van der Waals surface area contributed by atoms with Crippen LogP contribution in [0.5, 0.6) is 11.5 Å². The molecular formula is C31H32F4N6O4S. The molecule has 0 spiro atoms. The van der Waals surface area contributed by atoms with Crippen molar-refractivity contribution < 1.29 is 36.6 Å². The summed E-state index contributed by atoms with van der Waals surface area (Å²) < 4.78 is 62.9. The number of halogens is 4. The van der Waals surface area contributed by atoms with E-state index in [0.717, 1.165) is 29.3 Å². The van der Waals surface area contributed by atoms with Gasteiger partial charge in [-0.1, -0.05) is 32.9 Å². The van der Waals surface area contributed by atoms with Crippen LogP contribution in [0.15, 0.2) is 67.0 Å². The van der Waals surface area contributed by atoms with Gasteiger partial charge in [0.1, 0.15) is 30.3 Å². The zero-order valence-corrected chi connectivity index (χ0v) is 26.2. The number of hydrogen-bond donors (Lipinski definition) is 2. The smallest absolute Gasteiger partial charge is 0.485 e. The second-order valence-corrected chi connectivity index (χ2v) is 11.6. The number of anilines is 2. The van der Waals surface area contributed by atoms with Gasteiger partial charge in [-0.05, 0) is 72.2 Å². The minimum atomic E-state index is -4.80. The number of benzene rings is 3. The number of aromatic nitrogens is 3. The summed E-state index contributed by atoms with van der Waals surface area (Å²) in [5.74, 6) is -0.0495. The number of carbonyl (C=O) groups is 2. The maximum atomic E-state index is 14.9. The molecule has 15 heteroatoms. The fourth-order valence-corrected chi connectivity index (χ4v) is 5.18. The molecule has 0 saturated carbocycles. The van der Waals surface area contributed by atoms with Crippen LogP contribution in [0.25, 0.3) is 5.69 Å². The normalized spacial score (nSPS) is 12.0. The molecule has 0 aliphatic heterocycles. The summed E-state index contributed by atoms with van der Waals surface area (Å²) in [6.45, 7) is 7.71. The Hall–Kier alpha value is -4.79. The Morgan fingerprint density at radius 2 is 1.80 bits per heavy atom. The summed E-state index contributed by atoms with van der Waals surface area (Å²) in [5.41, 5.74) is 2.14. The topological polar surface area (TPSA) is 111 Å². The van der Waals surface area contributed by atoms with Crippen molar-refractivity contribution in [1.29, 1.82) is 0 Å². The van der Waals surface area contributed by atoms with E-state index in [1.165, 1.54) is 51.9 Å². The van der Waals surface area contributed by atoms with E-state index in [1.54, 1.807) is 0 Å². The van der Waals surface area contributed by atoms with E-state index in [2.05, 4.69) is 25.5 Å². The molecule has 46 heavy (non-hydrogen) atoms. The number of aryl methyl sites for hydroxylation is 1. The van der Waals surface area contributed by atoms with Crippen molar-refractivity contribution in [2.45, 2.75) is 52.1 Å². The molecule has 3 amide bonds. The lowest BCUT2D eigenvalue weighted by Crippen LogP contribution is -2.48. The van der Waals surface area contributed by atoms with Crippen LogP contribution in [-0.2, 0) is 11.4 Å². The van der Waals surface area contributed by atoms with Gasteiger partial charge in [0.15, 0.2) is 11.3 Å². The number of urea groups is 1. The van der Waals surface area contributed by atoms with Crippen LogP contribution in [0, 0.1) is 12.7 Å². The van der Waals surface area contributed by atoms with Gasteiger partial charge in [-0.15, -0.1) is 30.0 Å². The quantitative estimate of drug-likeness (QED) is 0.0892. The van der Waals surface area contributed by atoms with E-state index in [0.29, 0.717) is 23.5 Å². The molecule has 1 heterocycles. The number of amides is 3. The lowest BCUT2D eigenvalue weighted by Gasteiger charge is -2.31. The van der Waals surface area contributed by atoms with Crippen LogP contribution in [0.3, 0.4) is 0 Å². The van der Waals surface area contributed by atoms with Crippen LogP contribution in [0.1, 0.15) is 43.6 Å². The Morgan fingerprint density at radius 1 is 1.09 bits per heavy atom. The second kappa shape index (κ2) is 15.0. The second-order valence-electron chi connectivity index (χ2n) is 10.2. The Kier molecular flexibility index (Phi) is 11.1. The minimum Gasteiger partial charge on any atom is -0.485 e. The van der Waals surface area contributed by atoms with Gasteiger partial charge in [0, 0.05) is 6.07 Å². The van der Waals surface area contributed by atoms with Gasteiger partial charge in [0.25, 0.3) is 0 Å². The van der Waals surface area contributed by atoms with Gasteiger partial charge in [0.2, 0.25) is 6.41 Å². The highest BCUT2D eigenvalue weighted by Gasteiger charge is 2.31. The van der Waals surface area contributed by atoms with E-state index in [1.807, 2.05) is 45.9 Å². The molecule has 0 aliphatic carbocycles. The number of nitrogens with one attached hydrogen (secondary N) is 2. The first kappa shape index (κ1) is 34.1. The van der Waals surface area contributed by atoms with E-state index in [-0.39, 0.29) is 35.5 Å². The number of alkyl halides is 3. The van der Waals surface area contributed by atoms with Gasteiger partial charge >= 0.3 is 12.4 Å². The fourth-order valence-electron chi connectivity index (χ4n) is 4.35. The van der Waals surface area contributed by atoms with Crippen molar-refractivity contribution in [3.63, 3.8) is 0 Å². The maximum Gasteiger partial charge on any atom is 0.573 e. The highest BCUT2D eigenvalue weighted by Crippen LogP contribution is 2.31. The zero-order chi connectivity index (χ0) is 33.4. The van der Waals surface area contributed by atoms with Crippen molar-refractivity contribution in [2.75, 3.05) is 16.0 Å². The van der Waals surface area contributed by atoms with Crippen LogP contribution < -0.4 is 25.0 Å². The third-order valence-electron chi connectivity index (χ3n) is 6.46. The summed E-state index contributed by atoms with van der Waals surface area (Å²) >= 11 is 1.33. The van der Waals surface area contributed by atoms with E-state index < -0.39 is 23.7 Å². The molecule has 3 aromatic carbocycles. The van der Waals surface area contributed by atoms with Crippen molar-refractivity contribution >= 4 is 35.6 Å². The number of nitrogens with zero attached hydrogens (tertiary/aromatic N) is 4. The summed E-state index contributed by atoms with van der Waals surface area (Å²) in [7, 11) is 0. The summed E-state index contributed by atoms with van der Waals surface area (Å²) in [6.07, 6.45) is -2.78. The van der Waals surface area contributed by atoms with Gasteiger partial charge in [0.05, 0.1) is 17.1 Å².